The van der Waals surface area contributed by atoms with Crippen molar-refractivity contribution in [2.24, 2.45) is 0 Å². The molecule has 0 aliphatic carbocycles. The normalized spacial score (nSPS) is 12.5. The average Bonchev–Trinajstić information content (AvgIpc) is 2.67. The monoisotopic (exact) mass is 419 g/mol. The fraction of sp³-hybridized carbons (Fsp3) is 0.409. The van der Waals surface area contributed by atoms with Gasteiger partial charge in [-0.15, -0.1) is 17.0 Å². The maximum atomic E-state index is 13.3. The van der Waals surface area contributed by atoms with Crippen LogP contribution in [0.15, 0.2) is 60.7 Å². The lowest BCUT2D eigenvalue weighted by Crippen LogP contribution is -2.44. The van der Waals surface area contributed by atoms with Crippen LogP contribution in [0.3, 0.4) is 0 Å². The molecule has 0 spiro atoms. The number of aliphatic hydroxyl groups excluding tert-OH is 1. The van der Waals surface area contributed by atoms with Crippen molar-refractivity contribution >= 4 is 22.8 Å². The number of likely N-dealkylation sites (N-methyl/N-ethyl adjacent to an activating group) is 1. The summed E-state index contributed by atoms with van der Waals surface area (Å²) in [5.41, 5.74) is 1.41. The predicted octanol–water partition coefficient (Wildman–Crippen LogP) is 4.23. The second kappa shape index (κ2) is 10.6. The van der Waals surface area contributed by atoms with Gasteiger partial charge in [-0.05, 0) is 31.5 Å². The van der Waals surface area contributed by atoms with Crippen LogP contribution in [0.1, 0.15) is 37.8 Å². The van der Waals surface area contributed by atoms with E-state index in [0.29, 0.717) is 19.4 Å². The van der Waals surface area contributed by atoms with Crippen LogP contribution in [0.4, 0.5) is 0 Å². The van der Waals surface area contributed by atoms with Crippen molar-refractivity contribution in [1.82, 2.24) is 4.90 Å². The highest BCUT2D eigenvalue weighted by atomic mass is 79.9. The molecule has 0 amide bonds. The molecule has 1 atom stereocenters. The van der Waals surface area contributed by atoms with Gasteiger partial charge in [0.1, 0.15) is 5.78 Å². The average molecular weight is 420 g/mol. The molecule has 0 aliphatic heterocycles. The van der Waals surface area contributed by atoms with Gasteiger partial charge in [0.15, 0.2) is 0 Å². The molecular formula is C22H30BrNO2. The van der Waals surface area contributed by atoms with Crippen molar-refractivity contribution < 1.29 is 9.90 Å². The first-order chi connectivity index (χ1) is 12.1. The first kappa shape index (κ1) is 22.6. The van der Waals surface area contributed by atoms with E-state index in [9.17, 15) is 9.90 Å². The van der Waals surface area contributed by atoms with Gasteiger partial charge < -0.3 is 10.0 Å². The lowest BCUT2D eigenvalue weighted by Gasteiger charge is -2.38. The molecule has 0 aliphatic rings. The second-order valence-electron chi connectivity index (χ2n) is 6.67. The number of hydrogen-bond acceptors (Lipinski definition) is 3. The molecule has 0 heterocycles. The zero-order chi connectivity index (χ0) is 18.3. The number of aliphatic hydroxyl groups is 1. The standard InChI is InChI=1S/C22H29NO2.BrH/c1-4-21(25)22(19-11-7-5-8-12-19,20-13-9-6-10-14-20)17-18(2)23(3)15-16-24;/h5-14,18,24H,4,15-17H2,1-3H3;1H. The Bertz CT molecular complexity index is 621. The Morgan fingerprint density at radius 3 is 1.88 bits per heavy atom. The number of hydrogen-bond donors (Lipinski definition) is 1. The molecule has 1 unspecified atom stereocenters. The Morgan fingerprint density at radius 1 is 1.04 bits per heavy atom. The van der Waals surface area contributed by atoms with E-state index in [1.807, 2.05) is 50.4 Å². The quantitative estimate of drug-likeness (QED) is 0.660. The zero-order valence-electron chi connectivity index (χ0n) is 15.9. The van der Waals surface area contributed by atoms with Gasteiger partial charge in [-0.1, -0.05) is 67.6 Å². The van der Waals surface area contributed by atoms with E-state index in [1.165, 1.54) is 0 Å². The summed E-state index contributed by atoms with van der Waals surface area (Å²) in [4.78, 5) is 15.4. The fourth-order valence-corrected chi connectivity index (χ4v) is 3.56. The molecule has 0 saturated heterocycles. The second-order valence-corrected chi connectivity index (χ2v) is 6.67. The predicted molar refractivity (Wildman–Crippen MR) is 113 cm³/mol. The van der Waals surface area contributed by atoms with Crippen LogP contribution < -0.4 is 0 Å². The van der Waals surface area contributed by atoms with Crippen LogP contribution in [0.2, 0.25) is 0 Å². The summed E-state index contributed by atoms with van der Waals surface area (Å²) >= 11 is 0. The van der Waals surface area contributed by atoms with Gasteiger partial charge in [0.2, 0.25) is 0 Å². The summed E-state index contributed by atoms with van der Waals surface area (Å²) in [5.74, 6) is 0.231. The van der Waals surface area contributed by atoms with Crippen molar-refractivity contribution in [3.63, 3.8) is 0 Å². The van der Waals surface area contributed by atoms with Crippen LogP contribution in [0.25, 0.3) is 0 Å². The maximum absolute atomic E-state index is 13.3. The molecule has 0 aromatic heterocycles. The van der Waals surface area contributed by atoms with Crippen LogP contribution in [-0.2, 0) is 10.2 Å². The van der Waals surface area contributed by atoms with Gasteiger partial charge in [0.25, 0.3) is 0 Å². The Morgan fingerprint density at radius 2 is 1.50 bits per heavy atom. The number of carbonyl (C=O) groups is 1. The number of nitrogens with zero attached hydrogens (tertiary/aromatic N) is 1. The van der Waals surface area contributed by atoms with E-state index in [0.717, 1.165) is 11.1 Å². The summed E-state index contributed by atoms with van der Waals surface area (Å²) in [5, 5.41) is 9.26. The molecule has 2 aromatic rings. The number of rotatable bonds is 9. The highest BCUT2D eigenvalue weighted by Gasteiger charge is 2.42. The Labute approximate surface area is 167 Å². The Hall–Kier alpha value is -1.49. The number of halogens is 1. The molecule has 0 fully saturated rings. The number of benzene rings is 2. The van der Waals surface area contributed by atoms with Gasteiger partial charge in [0, 0.05) is 19.0 Å². The fourth-order valence-electron chi connectivity index (χ4n) is 3.56. The smallest absolute Gasteiger partial charge is 0.147 e. The molecule has 2 rings (SSSR count). The lowest BCUT2D eigenvalue weighted by molar-refractivity contribution is -0.123. The first-order valence-corrected chi connectivity index (χ1v) is 9.01. The molecule has 1 N–H and O–H groups in total. The largest absolute Gasteiger partial charge is 0.395 e. The highest BCUT2D eigenvalue weighted by molar-refractivity contribution is 8.93. The summed E-state index contributed by atoms with van der Waals surface area (Å²) in [6.45, 7) is 4.78. The van der Waals surface area contributed by atoms with Crippen molar-refractivity contribution in [3.8, 4) is 0 Å². The third kappa shape index (κ3) is 4.81. The molecule has 0 radical (unpaired) electrons. The zero-order valence-corrected chi connectivity index (χ0v) is 17.6. The molecule has 0 saturated carbocycles. The number of carbonyl (C=O) groups excluding carboxylic acids is 1. The minimum absolute atomic E-state index is 0. The summed E-state index contributed by atoms with van der Waals surface area (Å²) in [6.07, 6.45) is 1.17. The molecule has 142 valence electrons. The van der Waals surface area contributed by atoms with E-state index in [1.54, 1.807) is 0 Å². The number of Topliss-reactive ketones (excluding diaryl/α,β-unsaturated/α-hetero) is 1. The maximum Gasteiger partial charge on any atom is 0.147 e. The third-order valence-electron chi connectivity index (χ3n) is 5.14. The van der Waals surface area contributed by atoms with Gasteiger partial charge in [-0.25, -0.2) is 0 Å². The van der Waals surface area contributed by atoms with E-state index in [-0.39, 0.29) is 35.4 Å². The van der Waals surface area contributed by atoms with E-state index in [2.05, 4.69) is 36.1 Å². The summed E-state index contributed by atoms with van der Waals surface area (Å²) in [6, 6.07) is 20.3. The topological polar surface area (TPSA) is 40.5 Å². The van der Waals surface area contributed by atoms with E-state index >= 15 is 0 Å². The van der Waals surface area contributed by atoms with Gasteiger partial charge in [0.05, 0.1) is 12.0 Å². The van der Waals surface area contributed by atoms with Crippen LogP contribution in [0, 0.1) is 0 Å². The minimum atomic E-state index is -0.666. The van der Waals surface area contributed by atoms with Crippen molar-refractivity contribution in [2.45, 2.75) is 38.1 Å². The van der Waals surface area contributed by atoms with Crippen molar-refractivity contribution in [1.29, 1.82) is 0 Å². The van der Waals surface area contributed by atoms with E-state index < -0.39 is 5.41 Å². The van der Waals surface area contributed by atoms with Gasteiger partial charge in [-0.3, -0.25) is 4.79 Å². The summed E-state index contributed by atoms with van der Waals surface area (Å²) in [7, 11) is 2.00. The highest BCUT2D eigenvalue weighted by Crippen LogP contribution is 2.39. The third-order valence-corrected chi connectivity index (χ3v) is 5.14. The Kier molecular flexibility index (Phi) is 9.20. The van der Waals surface area contributed by atoms with Crippen LogP contribution in [0.5, 0.6) is 0 Å². The van der Waals surface area contributed by atoms with Gasteiger partial charge >= 0.3 is 0 Å². The summed E-state index contributed by atoms with van der Waals surface area (Å²) < 4.78 is 0. The van der Waals surface area contributed by atoms with Gasteiger partial charge in [-0.2, -0.15) is 0 Å². The Balaban J connectivity index is 0.00000338. The molecule has 2 aromatic carbocycles. The van der Waals surface area contributed by atoms with Crippen molar-refractivity contribution in [2.75, 3.05) is 20.2 Å². The first-order valence-electron chi connectivity index (χ1n) is 9.01. The minimum Gasteiger partial charge on any atom is -0.395 e. The lowest BCUT2D eigenvalue weighted by atomic mass is 9.67. The molecule has 3 nitrogen and oxygen atoms in total. The van der Waals surface area contributed by atoms with E-state index in [4.69, 9.17) is 0 Å². The van der Waals surface area contributed by atoms with Crippen LogP contribution >= 0.6 is 17.0 Å². The molecule has 26 heavy (non-hydrogen) atoms. The molecule has 0 bridgehead atoms. The van der Waals surface area contributed by atoms with Crippen molar-refractivity contribution in [3.05, 3.63) is 71.8 Å². The molecular weight excluding hydrogens is 390 g/mol. The number of ketones is 1. The SMILES string of the molecule is Br.CCC(=O)C(CC(C)N(C)CCO)(c1ccccc1)c1ccccc1. The molecule has 4 heteroatoms. The van der Waals surface area contributed by atoms with Crippen LogP contribution in [-0.4, -0.2) is 42.0 Å².